The molecule has 0 saturated carbocycles. The largest absolute Gasteiger partial charge is 0.463 e. The number of thioether (sulfide) groups is 1. The van der Waals surface area contributed by atoms with Crippen molar-refractivity contribution in [1.82, 2.24) is 0 Å². The number of ether oxygens (including phenoxy) is 4. The van der Waals surface area contributed by atoms with Crippen molar-refractivity contribution < 1.29 is 55.1 Å². The van der Waals surface area contributed by atoms with Gasteiger partial charge in [-0.25, -0.2) is 0 Å². The minimum Gasteiger partial charge on any atom is -0.463 e. The number of hydrogen-bond donors (Lipinski definition) is 0. The third-order valence-corrected chi connectivity index (χ3v) is 24.3. The van der Waals surface area contributed by atoms with Gasteiger partial charge >= 0.3 is 11.9 Å². The van der Waals surface area contributed by atoms with Crippen LogP contribution in [0.15, 0.2) is 0 Å². The summed E-state index contributed by atoms with van der Waals surface area (Å²) in [7, 11) is -13.8. The number of rotatable bonds is 58. The molecule has 0 aliphatic carbocycles. The summed E-state index contributed by atoms with van der Waals surface area (Å²) in [5.41, 5.74) is -1.31. The van der Waals surface area contributed by atoms with Crippen LogP contribution < -0.4 is 0 Å². The van der Waals surface area contributed by atoms with Crippen molar-refractivity contribution in [2.45, 2.75) is 448 Å². The van der Waals surface area contributed by atoms with E-state index in [4.69, 9.17) is 45.5 Å². The number of unbranched alkanes of at least 4 members (excludes halogenated alkanes) is 36. The quantitative estimate of drug-likeness (QED) is 0.0326. The predicted molar refractivity (Wildman–Crippen MR) is 412 cm³/mol. The van der Waals surface area contributed by atoms with Gasteiger partial charge in [0.05, 0.1) is 0 Å². The van der Waals surface area contributed by atoms with E-state index in [1.165, 1.54) is 217 Å². The van der Waals surface area contributed by atoms with Crippen LogP contribution in [0.4, 0.5) is 0 Å². The molecule has 0 radical (unpaired) electrons. The predicted octanol–water partition coefficient (Wildman–Crippen LogP) is 23.2. The van der Waals surface area contributed by atoms with Gasteiger partial charge in [0.15, 0.2) is 49.9 Å². The molecule has 0 amide bonds. The molecule has 2 saturated heterocycles. The summed E-state index contributed by atoms with van der Waals surface area (Å²) in [5, 5.41) is 0. The van der Waals surface area contributed by atoms with E-state index in [0.29, 0.717) is 12.8 Å². The van der Waals surface area contributed by atoms with Gasteiger partial charge < -0.3 is 45.5 Å². The van der Waals surface area contributed by atoms with Gasteiger partial charge in [0, 0.05) is 12.8 Å². The van der Waals surface area contributed by atoms with Gasteiger partial charge in [-0.1, -0.05) is 257 Å². The van der Waals surface area contributed by atoms with Crippen molar-refractivity contribution in [1.29, 1.82) is 0 Å². The Morgan fingerprint density at radius 1 is 0.269 bits per heavy atom. The van der Waals surface area contributed by atoms with E-state index in [2.05, 4.69) is 132 Å². The Morgan fingerprint density at radius 3 is 0.656 bits per heavy atom. The second-order valence-corrected chi connectivity index (χ2v) is 61.9. The maximum Gasteiger partial charge on any atom is 0.305 e. The third kappa shape index (κ3) is 47.2. The molecule has 2 rings (SSSR count). The average molecular weight is 1440 g/mol. The monoisotopic (exact) mass is 1430 g/mol. The molecule has 0 aromatic heterocycles. The van der Waals surface area contributed by atoms with Crippen LogP contribution in [0.2, 0.25) is 118 Å². The van der Waals surface area contributed by atoms with E-state index >= 15 is 0 Å². The van der Waals surface area contributed by atoms with Crippen molar-refractivity contribution in [2.75, 3.05) is 13.2 Å². The van der Waals surface area contributed by atoms with E-state index in [-0.39, 0.29) is 25.2 Å². The first-order valence-electron chi connectivity index (χ1n) is 39.1. The fraction of sp³-hybridized carbons (Fsp3) is 0.973. The summed E-state index contributed by atoms with van der Waals surface area (Å²) in [6.07, 6.45) is 45.9. The van der Waals surface area contributed by atoms with Crippen LogP contribution in [0.5, 0.6) is 0 Å². The summed E-state index contributed by atoms with van der Waals surface area (Å²) in [6, 6.07) is 0. The Labute approximate surface area is 586 Å². The molecule has 0 bridgehead atoms. The minimum atomic E-state index is -2.32. The summed E-state index contributed by atoms with van der Waals surface area (Å²) < 4.78 is 70.9. The van der Waals surface area contributed by atoms with Gasteiger partial charge in [-0.15, -0.1) is 0 Å². The van der Waals surface area contributed by atoms with Crippen LogP contribution in [-0.2, 0) is 55.1 Å². The minimum absolute atomic E-state index is 0.0291. The molecule has 10 atom stereocenters. The second-order valence-electron chi connectivity index (χ2n) is 34.0. The highest BCUT2D eigenvalue weighted by atomic mass is 32.2. The molecular weight excluding hydrogens is 1280 g/mol. The fourth-order valence-corrected chi connectivity index (χ4v) is 20.9. The molecule has 0 aromatic rings. The number of carbonyl (C=O) groups is 2. The molecule has 93 heavy (non-hydrogen) atoms. The van der Waals surface area contributed by atoms with E-state index in [1.54, 1.807) is 0 Å². The average Bonchev–Trinajstić information content (AvgIpc) is 0.766. The normalized spacial score (nSPS) is 22.8. The summed E-state index contributed by atoms with van der Waals surface area (Å²) in [5.74, 6) is -0.423. The van der Waals surface area contributed by atoms with Gasteiger partial charge in [0.2, 0.25) is 0 Å². The van der Waals surface area contributed by atoms with Gasteiger partial charge in [0.25, 0.3) is 0 Å². The summed E-state index contributed by atoms with van der Waals surface area (Å²) >= 11 is 1.54. The Hall–Kier alpha value is 0.271. The van der Waals surface area contributed by atoms with Gasteiger partial charge in [0.1, 0.15) is 72.9 Å². The fourth-order valence-electron chi connectivity index (χ4n) is 12.8. The smallest absolute Gasteiger partial charge is 0.305 e. The SMILES string of the molecule is CCCCCCCCCCCCCCCCCCCCCC(=O)OC[C@H]1O[C@H](S[C@H]2O[C@H](COC(=O)CCCCCCCCCCCCCCCCCCCCC)[C@@H](O[Si](C)(C)C)[C@H](O[Si](C)(C)C)[C@H]2O[Si](C)(C)C)[C@H](O[Si](C)(C)C)[C@@H](O[Si](C)(C)C)[C@@H]1O[Si](C)(C)C. The first-order chi connectivity index (χ1) is 43.7. The molecule has 2 aliphatic heterocycles. The van der Waals surface area contributed by atoms with Crippen molar-refractivity contribution >= 4 is 73.6 Å². The highest BCUT2D eigenvalue weighted by Crippen LogP contribution is 2.45. The lowest BCUT2D eigenvalue weighted by Crippen LogP contribution is -2.67. The van der Waals surface area contributed by atoms with Crippen LogP contribution >= 0.6 is 11.8 Å². The van der Waals surface area contributed by atoms with Crippen LogP contribution in [0.1, 0.15) is 271 Å². The van der Waals surface area contributed by atoms with Gasteiger partial charge in [-0.05, 0) is 131 Å². The standard InChI is InChI=1S/C74H154O12SSi6/c1-21-23-25-27-29-31-33-35-37-39-41-43-45-47-49-51-53-55-57-59-65(75)77-61-63-67(81-88(3,4)5)69(83-90(9,10)11)71(85-92(15,16)17)73(79-63)87-74-72(86-93(18,19)20)70(84-91(12,13)14)68(82-89(6,7)8)64(80-74)62-78-66(76)60-58-56-54-52-50-48-46-44-42-40-38-36-34-32-30-28-26-24-22-2/h63-64,67-74H,21-62H2,1-20H3/t63-,64-,67-,68-,69+,70+,71-,72-,73-,74-/m1/s1. The Kier molecular flexibility index (Phi) is 47.1. The van der Waals surface area contributed by atoms with Crippen molar-refractivity contribution in [3.63, 3.8) is 0 Å². The van der Waals surface area contributed by atoms with Crippen molar-refractivity contribution in [3.8, 4) is 0 Å². The van der Waals surface area contributed by atoms with Gasteiger partial charge in [-0.3, -0.25) is 9.59 Å². The van der Waals surface area contributed by atoms with E-state index in [9.17, 15) is 9.59 Å². The topological polar surface area (TPSA) is 126 Å². The zero-order chi connectivity index (χ0) is 69.4. The highest BCUT2D eigenvalue weighted by Gasteiger charge is 2.57. The van der Waals surface area contributed by atoms with Crippen molar-refractivity contribution in [3.05, 3.63) is 0 Å². The van der Waals surface area contributed by atoms with E-state index < -0.39 is 110 Å². The first kappa shape index (κ1) is 89.4. The van der Waals surface area contributed by atoms with Crippen molar-refractivity contribution in [2.24, 2.45) is 0 Å². The van der Waals surface area contributed by atoms with E-state index in [1.807, 2.05) is 0 Å². The molecule has 0 unspecified atom stereocenters. The summed E-state index contributed by atoms with van der Waals surface area (Å²) in [4.78, 5) is 27.6. The molecule has 19 heteroatoms. The van der Waals surface area contributed by atoms with Crippen LogP contribution in [0.3, 0.4) is 0 Å². The molecule has 0 spiro atoms. The van der Waals surface area contributed by atoms with Crippen LogP contribution in [0, 0.1) is 0 Å². The zero-order valence-corrected chi connectivity index (χ0v) is 71.6. The maximum atomic E-state index is 13.8. The highest BCUT2D eigenvalue weighted by molar-refractivity contribution is 8.00. The number of esters is 2. The summed E-state index contributed by atoms with van der Waals surface area (Å²) in [6.45, 7) is 44.3. The lowest BCUT2D eigenvalue weighted by Gasteiger charge is -2.53. The Balaban J connectivity index is 2.24. The lowest BCUT2D eigenvalue weighted by atomic mass is 10.00. The molecule has 2 fully saturated rings. The lowest BCUT2D eigenvalue weighted by molar-refractivity contribution is -0.205. The maximum absolute atomic E-state index is 13.8. The zero-order valence-electron chi connectivity index (χ0n) is 64.8. The molecule has 2 aliphatic rings. The Bertz CT molecular complexity index is 1740. The second kappa shape index (κ2) is 49.0. The molecule has 12 nitrogen and oxygen atoms in total. The molecule has 552 valence electrons. The Morgan fingerprint density at radius 2 is 0.452 bits per heavy atom. The molecule has 2 heterocycles. The number of hydrogen-bond acceptors (Lipinski definition) is 13. The molecular formula is C74H154O12SSi6. The van der Waals surface area contributed by atoms with Gasteiger partial charge in [-0.2, -0.15) is 0 Å². The molecule has 0 aromatic carbocycles. The van der Waals surface area contributed by atoms with Crippen LogP contribution in [-0.4, -0.2) is 135 Å². The third-order valence-electron chi connectivity index (χ3n) is 17.2. The van der Waals surface area contributed by atoms with E-state index in [0.717, 1.165) is 38.5 Å². The van der Waals surface area contributed by atoms with Crippen LogP contribution in [0.25, 0.3) is 0 Å². The molecule has 0 N–H and O–H groups in total. The first-order valence-corrected chi connectivity index (χ1v) is 60.4. The number of carbonyl (C=O) groups excluding carboxylic acids is 2.